The molecule has 0 radical (unpaired) electrons. The highest BCUT2D eigenvalue weighted by molar-refractivity contribution is 6.42. The van der Waals surface area contributed by atoms with E-state index < -0.39 is 0 Å². The lowest BCUT2D eigenvalue weighted by molar-refractivity contribution is 0.145. The molecule has 1 saturated heterocycles. The molecule has 1 aliphatic heterocycles. The van der Waals surface area contributed by atoms with Crippen LogP contribution in [0.25, 0.3) is 0 Å². The Hall–Kier alpha value is -1.000. The lowest BCUT2D eigenvalue weighted by Gasteiger charge is -2.26. The Balaban J connectivity index is 1.75. The number of nitrogens with one attached hydrogen (secondary N) is 1. The van der Waals surface area contributed by atoms with Crippen molar-refractivity contribution in [2.24, 2.45) is 5.92 Å². The number of pyridine rings is 1. The molecule has 1 aromatic heterocycles. The minimum absolute atomic E-state index is 0.0122. The van der Waals surface area contributed by atoms with Crippen molar-refractivity contribution in [2.75, 3.05) is 13.1 Å². The molecule has 0 bridgehead atoms. The Morgan fingerprint density at radius 2 is 1.96 bits per heavy atom. The molecule has 0 spiro atoms. The molecule has 1 fully saturated rings. The number of rotatable bonds is 4. The summed E-state index contributed by atoms with van der Waals surface area (Å²) in [4.78, 5) is 4.20. The standard InChI is InChI=1S/C17H17Cl3N2O/c1-10(23-17-5-3-12(18)7-22-17)13-8-21-9-14(13)11-2-4-15(19)16(20)6-11/h2-7,10,13-14,21H,8-9H2,1H3/t10-,13-,14+/m0/s1. The van der Waals surface area contributed by atoms with Crippen molar-refractivity contribution in [3.8, 4) is 5.88 Å². The molecule has 1 N–H and O–H groups in total. The van der Waals surface area contributed by atoms with Crippen LogP contribution in [0.5, 0.6) is 5.88 Å². The van der Waals surface area contributed by atoms with Gasteiger partial charge in [0.05, 0.1) is 15.1 Å². The number of aromatic nitrogens is 1. The third-order valence-electron chi connectivity index (χ3n) is 4.24. The van der Waals surface area contributed by atoms with Gasteiger partial charge in [0.2, 0.25) is 5.88 Å². The van der Waals surface area contributed by atoms with E-state index in [4.69, 9.17) is 39.5 Å². The van der Waals surface area contributed by atoms with Gasteiger partial charge < -0.3 is 10.1 Å². The van der Waals surface area contributed by atoms with Crippen LogP contribution >= 0.6 is 34.8 Å². The Bertz CT molecular complexity index is 678. The van der Waals surface area contributed by atoms with Crippen molar-refractivity contribution in [3.05, 3.63) is 57.2 Å². The van der Waals surface area contributed by atoms with E-state index in [1.165, 1.54) is 5.56 Å². The quantitative estimate of drug-likeness (QED) is 0.837. The molecule has 1 aromatic carbocycles. The summed E-state index contributed by atoms with van der Waals surface area (Å²) in [5.41, 5.74) is 1.17. The monoisotopic (exact) mass is 370 g/mol. The molecule has 3 rings (SSSR count). The molecule has 0 amide bonds. The van der Waals surface area contributed by atoms with Gasteiger partial charge in [-0.25, -0.2) is 4.98 Å². The third-order valence-corrected chi connectivity index (χ3v) is 5.21. The largest absolute Gasteiger partial charge is 0.474 e. The van der Waals surface area contributed by atoms with Crippen LogP contribution in [0, 0.1) is 5.92 Å². The maximum Gasteiger partial charge on any atom is 0.213 e. The highest BCUT2D eigenvalue weighted by Crippen LogP contribution is 2.35. The van der Waals surface area contributed by atoms with Crippen LogP contribution in [0.1, 0.15) is 18.4 Å². The van der Waals surface area contributed by atoms with E-state index >= 15 is 0 Å². The second-order valence-corrected chi connectivity index (χ2v) is 6.99. The predicted octanol–water partition coefficient (Wildman–Crippen LogP) is 4.81. The highest BCUT2D eigenvalue weighted by atomic mass is 35.5. The zero-order valence-corrected chi connectivity index (χ0v) is 14.9. The predicted molar refractivity (Wildman–Crippen MR) is 94.9 cm³/mol. The van der Waals surface area contributed by atoms with Crippen LogP contribution in [0.15, 0.2) is 36.5 Å². The lowest BCUT2D eigenvalue weighted by Crippen LogP contribution is -2.29. The molecule has 6 heteroatoms. The molecule has 2 aromatic rings. The maximum atomic E-state index is 6.16. The van der Waals surface area contributed by atoms with E-state index in [0.29, 0.717) is 32.8 Å². The topological polar surface area (TPSA) is 34.1 Å². The van der Waals surface area contributed by atoms with E-state index in [2.05, 4.69) is 17.2 Å². The molecule has 122 valence electrons. The summed E-state index contributed by atoms with van der Waals surface area (Å²) in [6.45, 7) is 3.85. The van der Waals surface area contributed by atoms with Gasteiger partial charge in [-0.1, -0.05) is 40.9 Å². The van der Waals surface area contributed by atoms with Crippen molar-refractivity contribution < 1.29 is 4.74 Å². The van der Waals surface area contributed by atoms with E-state index in [9.17, 15) is 0 Å². The molecule has 1 aliphatic rings. The van der Waals surface area contributed by atoms with Crippen LogP contribution in [-0.2, 0) is 0 Å². The Labute approximate surface area is 150 Å². The summed E-state index contributed by atoms with van der Waals surface area (Å²) < 4.78 is 5.99. The minimum Gasteiger partial charge on any atom is -0.474 e. The van der Waals surface area contributed by atoms with Gasteiger partial charge in [0, 0.05) is 37.2 Å². The SMILES string of the molecule is C[C@H](Oc1ccc(Cl)cn1)[C@@H]1CNC[C@@H]1c1ccc(Cl)c(Cl)c1. The first-order valence-electron chi connectivity index (χ1n) is 7.48. The maximum absolute atomic E-state index is 6.16. The van der Waals surface area contributed by atoms with Crippen molar-refractivity contribution in [2.45, 2.75) is 18.9 Å². The van der Waals surface area contributed by atoms with Gasteiger partial charge >= 0.3 is 0 Å². The Morgan fingerprint density at radius 1 is 1.13 bits per heavy atom. The summed E-state index contributed by atoms with van der Waals surface area (Å²) in [5, 5.41) is 5.19. The second kappa shape index (κ2) is 7.27. The summed E-state index contributed by atoms with van der Waals surface area (Å²) in [6, 6.07) is 9.39. The average molecular weight is 372 g/mol. The van der Waals surface area contributed by atoms with E-state index in [1.54, 1.807) is 18.3 Å². The van der Waals surface area contributed by atoms with Crippen LogP contribution < -0.4 is 10.1 Å². The first-order valence-corrected chi connectivity index (χ1v) is 8.62. The fourth-order valence-corrected chi connectivity index (χ4v) is 3.43. The third kappa shape index (κ3) is 3.92. The van der Waals surface area contributed by atoms with Crippen molar-refractivity contribution >= 4 is 34.8 Å². The van der Waals surface area contributed by atoms with Crippen molar-refractivity contribution in [1.82, 2.24) is 10.3 Å². The normalized spacial score (nSPS) is 22.1. The number of hydrogen-bond donors (Lipinski definition) is 1. The molecule has 3 atom stereocenters. The molecule has 0 saturated carbocycles. The highest BCUT2D eigenvalue weighted by Gasteiger charge is 2.34. The van der Waals surface area contributed by atoms with Gasteiger partial charge in [-0.3, -0.25) is 0 Å². The zero-order chi connectivity index (χ0) is 16.4. The van der Waals surface area contributed by atoms with Crippen LogP contribution in [0.2, 0.25) is 15.1 Å². The van der Waals surface area contributed by atoms with Gasteiger partial charge in [0.1, 0.15) is 6.10 Å². The molecule has 0 aliphatic carbocycles. The van der Waals surface area contributed by atoms with Crippen LogP contribution in [0.3, 0.4) is 0 Å². The van der Waals surface area contributed by atoms with Crippen molar-refractivity contribution in [1.29, 1.82) is 0 Å². The van der Waals surface area contributed by atoms with Gasteiger partial charge in [-0.2, -0.15) is 0 Å². The summed E-state index contributed by atoms with van der Waals surface area (Å²) in [6.07, 6.45) is 1.60. The average Bonchev–Trinajstić information content (AvgIpc) is 3.02. The number of nitrogens with zero attached hydrogens (tertiary/aromatic N) is 1. The summed E-state index contributed by atoms with van der Waals surface area (Å²) in [7, 11) is 0. The first kappa shape index (κ1) is 16.8. The zero-order valence-electron chi connectivity index (χ0n) is 12.6. The fourth-order valence-electron chi connectivity index (χ4n) is 3.01. The molecular formula is C17H17Cl3N2O. The molecule has 0 unspecified atom stereocenters. The summed E-state index contributed by atoms with van der Waals surface area (Å²) in [5.74, 6) is 1.23. The second-order valence-electron chi connectivity index (χ2n) is 5.74. The smallest absolute Gasteiger partial charge is 0.213 e. The van der Waals surface area contributed by atoms with E-state index in [-0.39, 0.29) is 6.10 Å². The van der Waals surface area contributed by atoms with E-state index in [1.807, 2.05) is 18.2 Å². The number of hydrogen-bond acceptors (Lipinski definition) is 3. The fraction of sp³-hybridized carbons (Fsp3) is 0.353. The number of halogens is 3. The number of benzene rings is 1. The van der Waals surface area contributed by atoms with Gasteiger partial charge in [-0.15, -0.1) is 0 Å². The summed E-state index contributed by atoms with van der Waals surface area (Å²) >= 11 is 18.0. The number of ether oxygens (including phenoxy) is 1. The van der Waals surface area contributed by atoms with Gasteiger partial charge in [-0.05, 0) is 30.7 Å². The first-order chi connectivity index (χ1) is 11.0. The molecular weight excluding hydrogens is 355 g/mol. The molecule has 23 heavy (non-hydrogen) atoms. The minimum atomic E-state index is 0.0122. The molecule has 2 heterocycles. The molecule has 3 nitrogen and oxygen atoms in total. The van der Waals surface area contributed by atoms with E-state index in [0.717, 1.165) is 13.1 Å². The lowest BCUT2D eigenvalue weighted by atomic mass is 9.86. The van der Waals surface area contributed by atoms with Crippen molar-refractivity contribution in [3.63, 3.8) is 0 Å². The Kier molecular flexibility index (Phi) is 5.32. The van der Waals surface area contributed by atoms with Crippen LogP contribution in [-0.4, -0.2) is 24.2 Å². The Morgan fingerprint density at radius 3 is 2.65 bits per heavy atom. The van der Waals surface area contributed by atoms with Gasteiger partial charge in [0.25, 0.3) is 0 Å². The van der Waals surface area contributed by atoms with Gasteiger partial charge in [0.15, 0.2) is 0 Å². The van der Waals surface area contributed by atoms with Crippen LogP contribution in [0.4, 0.5) is 0 Å².